The molecule has 2 aromatic carbocycles. The Morgan fingerprint density at radius 3 is 2.38 bits per heavy atom. The van der Waals surface area contributed by atoms with Gasteiger partial charge in [0.05, 0.1) is 12.1 Å². The Morgan fingerprint density at radius 2 is 1.71 bits per heavy atom. The van der Waals surface area contributed by atoms with E-state index in [4.69, 9.17) is 10.5 Å². The summed E-state index contributed by atoms with van der Waals surface area (Å²) in [6.07, 6.45) is 0. The van der Waals surface area contributed by atoms with Crippen molar-refractivity contribution < 1.29 is 4.74 Å². The molecule has 0 atom stereocenters. The maximum Gasteiger partial charge on any atom is 0.135 e. The lowest BCUT2D eigenvalue weighted by Gasteiger charge is -2.13. The van der Waals surface area contributed by atoms with E-state index in [1.165, 1.54) is 22.3 Å². The molecule has 0 heterocycles. The molecule has 2 nitrogen and oxygen atoms in total. The van der Waals surface area contributed by atoms with Crippen molar-refractivity contribution >= 4 is 0 Å². The normalized spacial score (nSPS) is 9.90. The summed E-state index contributed by atoms with van der Waals surface area (Å²) >= 11 is 0. The van der Waals surface area contributed by atoms with Crippen molar-refractivity contribution in [2.45, 2.75) is 27.4 Å². The molecule has 0 amide bonds. The highest BCUT2D eigenvalue weighted by Gasteiger charge is 2.06. The van der Waals surface area contributed by atoms with Crippen molar-refractivity contribution in [2.24, 2.45) is 5.73 Å². The number of aryl methyl sites for hydroxylation is 3. The average molecular weight is 279 g/mol. The molecular formula is C19H21NO. The molecule has 2 heteroatoms. The summed E-state index contributed by atoms with van der Waals surface area (Å²) in [4.78, 5) is 0. The first-order valence-corrected chi connectivity index (χ1v) is 7.09. The lowest BCUT2D eigenvalue weighted by molar-refractivity contribution is 0.304. The number of hydrogen-bond donors (Lipinski definition) is 1. The van der Waals surface area contributed by atoms with E-state index in [-0.39, 0.29) is 0 Å². The number of rotatable bonds is 3. The van der Waals surface area contributed by atoms with Crippen LogP contribution in [0.3, 0.4) is 0 Å². The van der Waals surface area contributed by atoms with E-state index in [1.54, 1.807) is 0 Å². The minimum Gasteiger partial charge on any atom is -0.488 e. The molecule has 0 aliphatic heterocycles. The van der Waals surface area contributed by atoms with Gasteiger partial charge in [-0.25, -0.2) is 0 Å². The van der Waals surface area contributed by atoms with Gasteiger partial charge in [-0.1, -0.05) is 41.7 Å². The molecule has 0 unspecified atom stereocenters. The largest absolute Gasteiger partial charge is 0.488 e. The standard InChI is InChI=1S/C19H21NO/c1-14-11-15(2)18(16(3)12-14)13-21-19-9-5-4-7-17(19)8-6-10-20/h4-5,7,9,11-12H,10,13,20H2,1-3H3. The molecule has 0 saturated carbocycles. The van der Waals surface area contributed by atoms with Crippen LogP contribution in [0.1, 0.15) is 27.8 Å². The van der Waals surface area contributed by atoms with E-state index < -0.39 is 0 Å². The topological polar surface area (TPSA) is 35.2 Å². The first kappa shape index (κ1) is 15.2. The lowest BCUT2D eigenvalue weighted by atomic mass is 10.0. The Bertz CT molecular complexity index is 669. The second-order valence-electron chi connectivity index (χ2n) is 5.17. The molecule has 0 aromatic heterocycles. The van der Waals surface area contributed by atoms with Crippen LogP contribution in [0.5, 0.6) is 5.75 Å². The van der Waals surface area contributed by atoms with Crippen molar-refractivity contribution in [3.63, 3.8) is 0 Å². The summed E-state index contributed by atoms with van der Waals surface area (Å²) in [6.45, 7) is 7.27. The predicted octanol–water partition coefficient (Wildman–Crippen LogP) is 3.50. The van der Waals surface area contributed by atoms with Crippen LogP contribution < -0.4 is 10.5 Å². The van der Waals surface area contributed by atoms with Crippen LogP contribution in [0, 0.1) is 32.6 Å². The fourth-order valence-corrected chi connectivity index (χ4v) is 2.43. The maximum atomic E-state index is 5.98. The highest BCUT2D eigenvalue weighted by molar-refractivity contribution is 5.46. The molecule has 0 aliphatic rings. The quantitative estimate of drug-likeness (QED) is 0.873. The van der Waals surface area contributed by atoms with Crippen LogP contribution in [0.4, 0.5) is 0 Å². The van der Waals surface area contributed by atoms with Crippen molar-refractivity contribution in [1.82, 2.24) is 0 Å². The summed E-state index contributed by atoms with van der Waals surface area (Å²) in [5.41, 5.74) is 11.4. The molecule has 2 N–H and O–H groups in total. The van der Waals surface area contributed by atoms with Gasteiger partial charge in [0.1, 0.15) is 12.4 Å². The Kier molecular flexibility index (Phi) is 5.03. The van der Waals surface area contributed by atoms with Crippen molar-refractivity contribution in [3.05, 3.63) is 64.2 Å². The molecule has 0 spiro atoms. The zero-order valence-corrected chi connectivity index (χ0v) is 12.9. The number of ether oxygens (including phenoxy) is 1. The van der Waals surface area contributed by atoms with Crippen LogP contribution in [-0.2, 0) is 6.61 Å². The van der Waals surface area contributed by atoms with Gasteiger partial charge in [0.2, 0.25) is 0 Å². The first-order chi connectivity index (χ1) is 10.1. The molecule has 21 heavy (non-hydrogen) atoms. The zero-order valence-electron chi connectivity index (χ0n) is 12.9. The summed E-state index contributed by atoms with van der Waals surface area (Å²) < 4.78 is 5.98. The minimum atomic E-state index is 0.352. The third-order valence-corrected chi connectivity index (χ3v) is 3.42. The Labute approximate surface area is 126 Å². The minimum absolute atomic E-state index is 0.352. The SMILES string of the molecule is Cc1cc(C)c(COc2ccccc2C#CCN)c(C)c1. The highest BCUT2D eigenvalue weighted by atomic mass is 16.5. The van der Waals surface area contributed by atoms with Crippen molar-refractivity contribution in [1.29, 1.82) is 0 Å². The summed E-state index contributed by atoms with van der Waals surface area (Å²) in [5, 5.41) is 0. The van der Waals surface area contributed by atoms with Crippen LogP contribution in [0.2, 0.25) is 0 Å². The molecule has 0 radical (unpaired) electrons. The summed E-state index contributed by atoms with van der Waals surface area (Å²) in [6, 6.07) is 12.2. The predicted molar refractivity (Wildman–Crippen MR) is 87.4 cm³/mol. The molecule has 0 fully saturated rings. The monoisotopic (exact) mass is 279 g/mol. The van der Waals surface area contributed by atoms with Crippen LogP contribution >= 0.6 is 0 Å². The summed E-state index contributed by atoms with van der Waals surface area (Å²) in [7, 11) is 0. The Hall–Kier alpha value is -2.24. The van der Waals surface area contributed by atoms with Gasteiger partial charge in [-0.05, 0) is 49.6 Å². The molecule has 0 saturated heterocycles. The van der Waals surface area contributed by atoms with E-state index in [0.29, 0.717) is 13.2 Å². The summed E-state index contributed by atoms with van der Waals surface area (Å²) in [5.74, 6) is 6.72. The average Bonchev–Trinajstić information content (AvgIpc) is 2.45. The fourth-order valence-electron chi connectivity index (χ4n) is 2.43. The molecule has 108 valence electrons. The van der Waals surface area contributed by atoms with Gasteiger partial charge in [0.15, 0.2) is 0 Å². The van der Waals surface area contributed by atoms with Gasteiger partial charge >= 0.3 is 0 Å². The van der Waals surface area contributed by atoms with Crippen LogP contribution in [0.15, 0.2) is 36.4 Å². The number of nitrogens with two attached hydrogens (primary N) is 1. The van der Waals surface area contributed by atoms with Gasteiger partial charge in [0.25, 0.3) is 0 Å². The van der Waals surface area contributed by atoms with Crippen molar-refractivity contribution in [2.75, 3.05) is 6.54 Å². The third-order valence-electron chi connectivity index (χ3n) is 3.42. The third kappa shape index (κ3) is 3.87. The van der Waals surface area contributed by atoms with Crippen LogP contribution in [-0.4, -0.2) is 6.54 Å². The first-order valence-electron chi connectivity index (χ1n) is 7.09. The Balaban J connectivity index is 2.21. The number of hydrogen-bond acceptors (Lipinski definition) is 2. The van der Waals surface area contributed by atoms with E-state index in [9.17, 15) is 0 Å². The number of benzene rings is 2. The van der Waals surface area contributed by atoms with Crippen LogP contribution in [0.25, 0.3) is 0 Å². The fraction of sp³-hybridized carbons (Fsp3) is 0.263. The second-order valence-corrected chi connectivity index (χ2v) is 5.17. The van der Waals surface area contributed by atoms with Gasteiger partial charge in [-0.3, -0.25) is 0 Å². The maximum absolute atomic E-state index is 5.98. The van der Waals surface area contributed by atoms with Gasteiger partial charge < -0.3 is 10.5 Å². The smallest absolute Gasteiger partial charge is 0.135 e. The second kappa shape index (κ2) is 6.97. The lowest BCUT2D eigenvalue weighted by Crippen LogP contribution is -2.02. The van der Waals surface area contributed by atoms with E-state index in [2.05, 4.69) is 44.7 Å². The molecular weight excluding hydrogens is 258 g/mol. The Morgan fingerprint density at radius 1 is 1.05 bits per heavy atom. The zero-order chi connectivity index (χ0) is 15.2. The molecule has 0 aliphatic carbocycles. The van der Waals surface area contributed by atoms with Gasteiger partial charge in [-0.2, -0.15) is 0 Å². The molecule has 0 bridgehead atoms. The molecule has 2 aromatic rings. The van der Waals surface area contributed by atoms with Gasteiger partial charge in [-0.15, -0.1) is 0 Å². The van der Waals surface area contributed by atoms with Crippen molar-refractivity contribution in [3.8, 4) is 17.6 Å². The van der Waals surface area contributed by atoms with E-state index in [1.807, 2.05) is 24.3 Å². The number of para-hydroxylation sites is 1. The molecule has 2 rings (SSSR count). The van der Waals surface area contributed by atoms with E-state index in [0.717, 1.165) is 11.3 Å². The highest BCUT2D eigenvalue weighted by Crippen LogP contribution is 2.22. The van der Waals surface area contributed by atoms with E-state index >= 15 is 0 Å². The van der Waals surface area contributed by atoms with Gasteiger partial charge in [0, 0.05) is 0 Å².